The van der Waals surface area contributed by atoms with E-state index in [2.05, 4.69) is 15.2 Å². The van der Waals surface area contributed by atoms with E-state index < -0.39 is 0 Å². The number of hydrogen-bond donors (Lipinski definition) is 2. The first kappa shape index (κ1) is 10.8. The Labute approximate surface area is 105 Å². The van der Waals surface area contributed by atoms with Crippen LogP contribution in [0.15, 0.2) is 30.6 Å². The third-order valence-corrected chi connectivity index (χ3v) is 3.21. The summed E-state index contributed by atoms with van der Waals surface area (Å²) in [6.07, 6.45) is 3.53. The molecule has 0 unspecified atom stereocenters. The number of anilines is 2. The van der Waals surface area contributed by atoms with Gasteiger partial charge >= 0.3 is 0 Å². The van der Waals surface area contributed by atoms with Crippen LogP contribution in [0, 0.1) is 0 Å². The largest absolute Gasteiger partial charge is 0.398 e. The number of hydrogen-bond acceptors (Lipinski definition) is 4. The van der Waals surface area contributed by atoms with Gasteiger partial charge in [-0.25, -0.2) is 0 Å². The van der Waals surface area contributed by atoms with Gasteiger partial charge in [0.15, 0.2) is 0 Å². The van der Waals surface area contributed by atoms with Crippen molar-refractivity contribution in [1.82, 2.24) is 10.3 Å². The molecule has 2 heterocycles. The van der Waals surface area contributed by atoms with Crippen molar-refractivity contribution < 1.29 is 4.79 Å². The number of carbonyl (C=O) groups excluding carboxylic acids is 1. The van der Waals surface area contributed by atoms with E-state index in [1.165, 1.54) is 0 Å². The Balaban J connectivity index is 2.11. The lowest BCUT2D eigenvalue weighted by Crippen LogP contribution is -2.47. The molecule has 0 saturated carbocycles. The monoisotopic (exact) mass is 242 g/mol. The summed E-state index contributed by atoms with van der Waals surface area (Å²) >= 11 is 0. The van der Waals surface area contributed by atoms with E-state index in [1.807, 2.05) is 18.2 Å². The van der Waals surface area contributed by atoms with Gasteiger partial charge < -0.3 is 16.0 Å². The fourth-order valence-corrected chi connectivity index (χ4v) is 2.32. The molecule has 0 spiro atoms. The van der Waals surface area contributed by atoms with E-state index in [1.54, 1.807) is 12.4 Å². The molecule has 1 amide bonds. The van der Waals surface area contributed by atoms with Crippen molar-refractivity contribution in [2.45, 2.75) is 0 Å². The molecule has 3 N–H and O–H groups in total. The highest BCUT2D eigenvalue weighted by atomic mass is 16.2. The Kier molecular flexibility index (Phi) is 2.51. The number of carbonyl (C=O) groups is 1. The molecular formula is C13H14N4O. The molecule has 3 rings (SSSR count). The zero-order valence-corrected chi connectivity index (χ0v) is 9.89. The summed E-state index contributed by atoms with van der Waals surface area (Å²) in [4.78, 5) is 17.7. The highest BCUT2D eigenvalue weighted by Gasteiger charge is 2.18. The Hall–Kier alpha value is -2.30. The number of piperazine rings is 1. The summed E-state index contributed by atoms with van der Waals surface area (Å²) in [5.74, 6) is 0.0510. The predicted molar refractivity (Wildman–Crippen MR) is 71.4 cm³/mol. The second kappa shape index (κ2) is 4.18. The van der Waals surface area contributed by atoms with Gasteiger partial charge in [-0.1, -0.05) is 0 Å². The maximum atomic E-state index is 11.5. The van der Waals surface area contributed by atoms with Gasteiger partial charge in [0.25, 0.3) is 0 Å². The van der Waals surface area contributed by atoms with Crippen LogP contribution in [0.5, 0.6) is 0 Å². The first-order chi connectivity index (χ1) is 8.75. The van der Waals surface area contributed by atoms with Crippen molar-refractivity contribution in [1.29, 1.82) is 0 Å². The van der Waals surface area contributed by atoms with Crippen LogP contribution in [-0.2, 0) is 4.79 Å². The third kappa shape index (κ3) is 1.73. The first-order valence-corrected chi connectivity index (χ1v) is 5.89. The first-order valence-electron chi connectivity index (χ1n) is 5.89. The lowest BCUT2D eigenvalue weighted by atomic mass is 10.1. The molecule has 92 valence electrons. The third-order valence-electron chi connectivity index (χ3n) is 3.21. The van der Waals surface area contributed by atoms with Gasteiger partial charge in [-0.2, -0.15) is 0 Å². The Morgan fingerprint density at radius 3 is 3.00 bits per heavy atom. The molecule has 0 radical (unpaired) electrons. The summed E-state index contributed by atoms with van der Waals surface area (Å²) in [6, 6.07) is 5.74. The van der Waals surface area contributed by atoms with Gasteiger partial charge in [-0.05, 0) is 18.2 Å². The molecule has 1 saturated heterocycles. The van der Waals surface area contributed by atoms with Gasteiger partial charge in [0.05, 0.1) is 6.54 Å². The minimum absolute atomic E-state index is 0.0510. The fraction of sp³-hybridized carbons (Fsp3) is 0.231. The summed E-state index contributed by atoms with van der Waals surface area (Å²) in [6.45, 7) is 1.86. The van der Waals surface area contributed by atoms with Gasteiger partial charge in [0.2, 0.25) is 5.91 Å². The van der Waals surface area contributed by atoms with Crippen LogP contribution in [-0.4, -0.2) is 30.5 Å². The number of nitrogens with zero attached hydrogens (tertiary/aromatic N) is 2. The van der Waals surface area contributed by atoms with Crippen molar-refractivity contribution in [2.75, 3.05) is 30.3 Å². The van der Waals surface area contributed by atoms with Crippen LogP contribution in [0.3, 0.4) is 0 Å². The zero-order valence-electron chi connectivity index (χ0n) is 9.89. The SMILES string of the molecule is Nc1ccc(N2CCNC(=O)C2)c2cnccc12. The Bertz CT molecular complexity index is 611. The van der Waals surface area contributed by atoms with E-state index in [0.717, 1.165) is 28.7 Å². The standard InChI is InChI=1S/C13H14N4O/c14-11-1-2-12(10-7-15-4-3-9(10)11)17-6-5-16-13(18)8-17/h1-4,7H,5-6,8,14H2,(H,16,18). The summed E-state index contributed by atoms with van der Waals surface area (Å²) in [7, 11) is 0. The number of nitrogens with two attached hydrogens (primary N) is 1. The minimum atomic E-state index is 0.0510. The van der Waals surface area contributed by atoms with E-state index in [4.69, 9.17) is 5.73 Å². The van der Waals surface area contributed by atoms with Crippen LogP contribution in [0.25, 0.3) is 10.8 Å². The molecule has 1 aromatic carbocycles. The average molecular weight is 242 g/mol. The number of benzene rings is 1. The molecule has 0 bridgehead atoms. The van der Waals surface area contributed by atoms with Crippen molar-refractivity contribution >= 4 is 28.1 Å². The van der Waals surface area contributed by atoms with Crippen LogP contribution in [0.2, 0.25) is 0 Å². The van der Waals surface area contributed by atoms with E-state index in [0.29, 0.717) is 13.1 Å². The van der Waals surface area contributed by atoms with Crippen LogP contribution in [0.4, 0.5) is 11.4 Å². The van der Waals surface area contributed by atoms with Gasteiger partial charge in [-0.3, -0.25) is 9.78 Å². The molecule has 0 aliphatic carbocycles. The number of amides is 1. The second-order valence-corrected chi connectivity index (χ2v) is 4.37. The highest BCUT2D eigenvalue weighted by molar-refractivity contribution is 6.01. The molecular weight excluding hydrogens is 228 g/mol. The predicted octanol–water partition coefficient (Wildman–Crippen LogP) is 0.753. The Morgan fingerprint density at radius 1 is 1.28 bits per heavy atom. The number of nitrogens with one attached hydrogen (secondary N) is 1. The normalized spacial score (nSPS) is 15.8. The highest BCUT2D eigenvalue weighted by Crippen LogP contribution is 2.30. The molecule has 1 fully saturated rings. The Morgan fingerprint density at radius 2 is 2.17 bits per heavy atom. The molecule has 1 aromatic heterocycles. The van der Waals surface area contributed by atoms with Crippen molar-refractivity contribution in [3.8, 4) is 0 Å². The topological polar surface area (TPSA) is 71.2 Å². The fourth-order valence-electron chi connectivity index (χ4n) is 2.32. The lowest BCUT2D eigenvalue weighted by Gasteiger charge is -2.29. The molecule has 18 heavy (non-hydrogen) atoms. The van der Waals surface area contributed by atoms with Gasteiger partial charge in [-0.15, -0.1) is 0 Å². The molecule has 0 atom stereocenters. The number of pyridine rings is 1. The molecule has 1 aliphatic rings. The van der Waals surface area contributed by atoms with Crippen LogP contribution in [0.1, 0.15) is 0 Å². The van der Waals surface area contributed by atoms with E-state index in [9.17, 15) is 4.79 Å². The lowest BCUT2D eigenvalue weighted by molar-refractivity contribution is -0.120. The van der Waals surface area contributed by atoms with Crippen LogP contribution >= 0.6 is 0 Å². The number of rotatable bonds is 1. The zero-order chi connectivity index (χ0) is 12.5. The molecule has 2 aromatic rings. The molecule has 5 heteroatoms. The number of fused-ring (bicyclic) bond motifs is 1. The van der Waals surface area contributed by atoms with Crippen molar-refractivity contribution in [2.24, 2.45) is 0 Å². The van der Waals surface area contributed by atoms with E-state index in [-0.39, 0.29) is 5.91 Å². The van der Waals surface area contributed by atoms with Gasteiger partial charge in [0.1, 0.15) is 0 Å². The number of aromatic nitrogens is 1. The van der Waals surface area contributed by atoms with Crippen molar-refractivity contribution in [3.05, 3.63) is 30.6 Å². The van der Waals surface area contributed by atoms with Crippen molar-refractivity contribution in [3.63, 3.8) is 0 Å². The van der Waals surface area contributed by atoms with E-state index >= 15 is 0 Å². The molecule has 1 aliphatic heterocycles. The molecule has 5 nitrogen and oxygen atoms in total. The second-order valence-electron chi connectivity index (χ2n) is 4.37. The number of nitrogen functional groups attached to an aromatic ring is 1. The quantitative estimate of drug-likeness (QED) is 0.724. The maximum absolute atomic E-state index is 11.5. The average Bonchev–Trinajstić information content (AvgIpc) is 2.39. The smallest absolute Gasteiger partial charge is 0.239 e. The summed E-state index contributed by atoms with van der Waals surface area (Å²) < 4.78 is 0. The van der Waals surface area contributed by atoms with Gasteiger partial charge in [0, 0.05) is 47.6 Å². The minimum Gasteiger partial charge on any atom is -0.398 e. The maximum Gasteiger partial charge on any atom is 0.239 e. The summed E-state index contributed by atoms with van der Waals surface area (Å²) in [5.41, 5.74) is 7.71. The summed E-state index contributed by atoms with van der Waals surface area (Å²) in [5, 5.41) is 4.79. The van der Waals surface area contributed by atoms with Crippen LogP contribution < -0.4 is 16.0 Å².